The Morgan fingerprint density at radius 2 is 2.00 bits per heavy atom. The molecule has 2 N–H and O–H groups in total. The van der Waals surface area contributed by atoms with E-state index in [0.29, 0.717) is 6.61 Å². The van der Waals surface area contributed by atoms with E-state index in [0.717, 1.165) is 11.1 Å². The van der Waals surface area contributed by atoms with Crippen molar-refractivity contribution in [3.8, 4) is 0 Å². The minimum absolute atomic E-state index is 0.0349. The Morgan fingerprint density at radius 1 is 1.31 bits per heavy atom. The van der Waals surface area contributed by atoms with Crippen LogP contribution in [0.2, 0.25) is 0 Å². The summed E-state index contributed by atoms with van der Waals surface area (Å²) in [7, 11) is 3.35. The van der Waals surface area contributed by atoms with E-state index in [2.05, 4.69) is 6.07 Å². The van der Waals surface area contributed by atoms with Crippen LogP contribution in [0.3, 0.4) is 0 Å². The molecule has 0 saturated heterocycles. The van der Waals surface area contributed by atoms with Gasteiger partial charge in [0.15, 0.2) is 0 Å². The molecule has 0 heterocycles. The number of rotatable bonds is 5. The maximum Gasteiger partial charge on any atom is 0.105 e. The van der Waals surface area contributed by atoms with E-state index in [-0.39, 0.29) is 11.6 Å². The monoisotopic (exact) mass is 223 g/mol. The predicted molar refractivity (Wildman–Crippen MR) is 65.3 cm³/mol. The summed E-state index contributed by atoms with van der Waals surface area (Å²) in [5.74, 6) is 0. The second kappa shape index (κ2) is 5.43. The van der Waals surface area contributed by atoms with Gasteiger partial charge in [0.2, 0.25) is 0 Å². The zero-order chi connectivity index (χ0) is 12.2. The van der Waals surface area contributed by atoms with Crippen molar-refractivity contribution < 1.29 is 9.47 Å². The molecule has 1 aromatic carbocycles. The molecule has 0 aromatic heterocycles. The predicted octanol–water partition coefficient (Wildman–Crippen LogP) is 2.21. The van der Waals surface area contributed by atoms with Crippen LogP contribution in [0, 0.1) is 0 Å². The number of nitrogens with two attached hydrogens (primary N) is 1. The molecule has 90 valence electrons. The lowest BCUT2D eigenvalue weighted by Crippen LogP contribution is -2.28. The molecule has 3 nitrogen and oxygen atoms in total. The van der Waals surface area contributed by atoms with Gasteiger partial charge in [-0.05, 0) is 25.0 Å². The van der Waals surface area contributed by atoms with Gasteiger partial charge in [0.25, 0.3) is 0 Å². The summed E-state index contributed by atoms with van der Waals surface area (Å²) in [6.07, 6.45) is -0.0349. The molecule has 0 saturated carbocycles. The normalized spacial score (nSPS) is 13.8. The third-order valence-corrected chi connectivity index (χ3v) is 2.60. The minimum Gasteiger partial charge on any atom is -0.382 e. The quantitative estimate of drug-likeness (QED) is 0.832. The largest absolute Gasteiger partial charge is 0.382 e. The molecular formula is C13H21NO2. The van der Waals surface area contributed by atoms with E-state index in [1.54, 1.807) is 14.2 Å². The summed E-state index contributed by atoms with van der Waals surface area (Å²) >= 11 is 0. The fourth-order valence-electron chi connectivity index (χ4n) is 1.59. The molecule has 0 aliphatic heterocycles. The summed E-state index contributed by atoms with van der Waals surface area (Å²) in [5, 5.41) is 0. The highest BCUT2D eigenvalue weighted by Gasteiger charge is 2.17. The Balaban J connectivity index is 2.97. The van der Waals surface area contributed by atoms with Crippen molar-refractivity contribution in [2.24, 2.45) is 5.73 Å². The maximum absolute atomic E-state index is 6.07. The Morgan fingerprint density at radius 3 is 2.50 bits per heavy atom. The van der Waals surface area contributed by atoms with Gasteiger partial charge in [0.1, 0.15) is 6.10 Å². The van der Waals surface area contributed by atoms with Gasteiger partial charge in [-0.3, -0.25) is 0 Å². The molecule has 1 atom stereocenters. The second-order valence-electron chi connectivity index (χ2n) is 4.53. The van der Waals surface area contributed by atoms with Crippen molar-refractivity contribution in [3.63, 3.8) is 0 Å². The van der Waals surface area contributed by atoms with E-state index in [9.17, 15) is 0 Å². The summed E-state index contributed by atoms with van der Waals surface area (Å²) in [5.41, 5.74) is 7.93. The molecule has 0 bridgehead atoms. The van der Waals surface area contributed by atoms with Crippen LogP contribution < -0.4 is 5.73 Å². The van der Waals surface area contributed by atoms with Gasteiger partial charge in [0, 0.05) is 19.8 Å². The van der Waals surface area contributed by atoms with Gasteiger partial charge in [-0.2, -0.15) is 0 Å². The molecule has 1 aromatic rings. The van der Waals surface area contributed by atoms with Gasteiger partial charge in [-0.15, -0.1) is 0 Å². The first kappa shape index (κ1) is 13.2. The molecule has 0 radical (unpaired) electrons. The highest BCUT2D eigenvalue weighted by atomic mass is 16.5. The van der Waals surface area contributed by atoms with Crippen LogP contribution in [0.5, 0.6) is 0 Å². The molecule has 16 heavy (non-hydrogen) atoms. The zero-order valence-electron chi connectivity index (χ0n) is 10.5. The van der Waals surface area contributed by atoms with Gasteiger partial charge in [-0.25, -0.2) is 0 Å². The lowest BCUT2D eigenvalue weighted by molar-refractivity contribution is 0.0274. The first-order valence-electron chi connectivity index (χ1n) is 5.40. The molecular weight excluding hydrogens is 202 g/mol. The minimum atomic E-state index is -0.332. The van der Waals surface area contributed by atoms with E-state index in [1.807, 2.05) is 32.0 Å². The molecule has 0 spiro atoms. The van der Waals surface area contributed by atoms with Crippen LogP contribution >= 0.6 is 0 Å². The van der Waals surface area contributed by atoms with Crippen molar-refractivity contribution in [2.75, 3.05) is 20.8 Å². The van der Waals surface area contributed by atoms with Crippen LogP contribution in [0.1, 0.15) is 31.1 Å². The lowest BCUT2D eigenvalue weighted by Gasteiger charge is -2.22. The Bertz CT molecular complexity index is 331. The molecule has 1 unspecified atom stereocenters. The SMILES string of the molecule is COCC(OC)c1cccc(C(C)(C)N)c1. The summed E-state index contributed by atoms with van der Waals surface area (Å²) < 4.78 is 10.5. The first-order chi connectivity index (χ1) is 7.49. The first-order valence-corrected chi connectivity index (χ1v) is 5.40. The van der Waals surface area contributed by atoms with E-state index in [4.69, 9.17) is 15.2 Å². The van der Waals surface area contributed by atoms with Crippen molar-refractivity contribution in [1.82, 2.24) is 0 Å². The van der Waals surface area contributed by atoms with Gasteiger partial charge in [0.05, 0.1) is 6.61 Å². The standard InChI is InChI=1S/C13H21NO2/c1-13(2,14)11-7-5-6-10(8-11)12(16-4)9-15-3/h5-8,12H,9,14H2,1-4H3. The third kappa shape index (κ3) is 3.30. The molecule has 0 fully saturated rings. The molecule has 0 amide bonds. The van der Waals surface area contributed by atoms with Gasteiger partial charge >= 0.3 is 0 Å². The van der Waals surface area contributed by atoms with Crippen LogP contribution in [0.4, 0.5) is 0 Å². The van der Waals surface area contributed by atoms with Gasteiger partial charge < -0.3 is 15.2 Å². The molecule has 1 rings (SSSR count). The van der Waals surface area contributed by atoms with E-state index in [1.165, 1.54) is 0 Å². The smallest absolute Gasteiger partial charge is 0.105 e. The number of methoxy groups -OCH3 is 2. The highest BCUT2D eigenvalue weighted by Crippen LogP contribution is 2.23. The number of ether oxygens (including phenoxy) is 2. The van der Waals surface area contributed by atoms with Crippen molar-refractivity contribution in [2.45, 2.75) is 25.5 Å². The number of benzene rings is 1. The molecule has 3 heteroatoms. The second-order valence-corrected chi connectivity index (χ2v) is 4.53. The van der Waals surface area contributed by atoms with Crippen LogP contribution in [0.25, 0.3) is 0 Å². The zero-order valence-corrected chi connectivity index (χ0v) is 10.5. The van der Waals surface area contributed by atoms with Crippen molar-refractivity contribution in [3.05, 3.63) is 35.4 Å². The number of hydrogen-bond donors (Lipinski definition) is 1. The van der Waals surface area contributed by atoms with Crippen molar-refractivity contribution >= 4 is 0 Å². The number of hydrogen-bond acceptors (Lipinski definition) is 3. The summed E-state index contributed by atoms with van der Waals surface area (Å²) in [6.45, 7) is 4.53. The van der Waals surface area contributed by atoms with Crippen LogP contribution in [0.15, 0.2) is 24.3 Å². The lowest BCUT2D eigenvalue weighted by atomic mass is 9.93. The fraction of sp³-hybridized carbons (Fsp3) is 0.538. The summed E-state index contributed by atoms with van der Waals surface area (Å²) in [6, 6.07) is 8.14. The van der Waals surface area contributed by atoms with Crippen LogP contribution in [-0.4, -0.2) is 20.8 Å². The fourth-order valence-corrected chi connectivity index (χ4v) is 1.59. The maximum atomic E-state index is 6.07. The topological polar surface area (TPSA) is 44.5 Å². The Hall–Kier alpha value is -0.900. The Kier molecular flexibility index (Phi) is 4.47. The average Bonchev–Trinajstić information content (AvgIpc) is 2.25. The third-order valence-electron chi connectivity index (χ3n) is 2.60. The van der Waals surface area contributed by atoms with E-state index >= 15 is 0 Å². The highest BCUT2D eigenvalue weighted by molar-refractivity contribution is 5.29. The van der Waals surface area contributed by atoms with Crippen LogP contribution in [-0.2, 0) is 15.0 Å². The molecule has 0 aliphatic rings. The Labute approximate surface area is 97.6 Å². The van der Waals surface area contributed by atoms with E-state index < -0.39 is 0 Å². The molecule has 0 aliphatic carbocycles. The van der Waals surface area contributed by atoms with Gasteiger partial charge in [-0.1, -0.05) is 24.3 Å². The van der Waals surface area contributed by atoms with Crippen molar-refractivity contribution in [1.29, 1.82) is 0 Å². The average molecular weight is 223 g/mol. The summed E-state index contributed by atoms with van der Waals surface area (Å²) in [4.78, 5) is 0.